The van der Waals surface area contributed by atoms with Gasteiger partial charge in [0.15, 0.2) is 11.5 Å². The standard InChI is InChI=1S/C17H21ClN2O4/c1-3-19-15(21)11-20(4-2)16(22)6-5-12-9-13(18)17-14(10-12)23-7-8-24-17/h5-6,9-10H,3-4,7-8,11H2,1-2H3,(H,19,21). The van der Waals surface area contributed by atoms with Crippen LogP contribution >= 0.6 is 11.6 Å². The van der Waals surface area contributed by atoms with E-state index in [2.05, 4.69) is 5.32 Å². The fourth-order valence-corrected chi connectivity index (χ4v) is 2.55. The normalized spacial score (nSPS) is 13.0. The summed E-state index contributed by atoms with van der Waals surface area (Å²) in [5, 5.41) is 3.11. The van der Waals surface area contributed by atoms with E-state index in [1.54, 1.807) is 18.2 Å². The van der Waals surface area contributed by atoms with Crippen LogP contribution in [0.25, 0.3) is 6.08 Å². The van der Waals surface area contributed by atoms with E-state index in [0.717, 1.165) is 5.56 Å². The number of hydrogen-bond donors (Lipinski definition) is 1. The van der Waals surface area contributed by atoms with Crippen LogP contribution in [0.2, 0.25) is 5.02 Å². The summed E-state index contributed by atoms with van der Waals surface area (Å²) in [5.74, 6) is 0.673. The fourth-order valence-electron chi connectivity index (χ4n) is 2.27. The van der Waals surface area contributed by atoms with E-state index in [4.69, 9.17) is 21.1 Å². The number of fused-ring (bicyclic) bond motifs is 1. The van der Waals surface area contributed by atoms with Crippen molar-refractivity contribution < 1.29 is 19.1 Å². The van der Waals surface area contributed by atoms with Crippen LogP contribution in [0, 0.1) is 0 Å². The molecule has 0 aromatic heterocycles. The molecule has 0 fully saturated rings. The highest BCUT2D eigenvalue weighted by molar-refractivity contribution is 6.32. The average molecular weight is 353 g/mol. The summed E-state index contributed by atoms with van der Waals surface area (Å²) in [6, 6.07) is 3.48. The number of amides is 2. The first-order valence-corrected chi connectivity index (χ1v) is 8.25. The van der Waals surface area contributed by atoms with E-state index >= 15 is 0 Å². The molecule has 0 saturated heterocycles. The molecule has 1 aliphatic heterocycles. The molecule has 1 aromatic carbocycles. The fraction of sp³-hybridized carbons (Fsp3) is 0.412. The summed E-state index contributed by atoms with van der Waals surface area (Å²) in [7, 11) is 0. The Kier molecular flexibility index (Phi) is 6.49. The van der Waals surface area contributed by atoms with Crippen molar-refractivity contribution >= 4 is 29.5 Å². The van der Waals surface area contributed by atoms with E-state index < -0.39 is 0 Å². The molecule has 2 rings (SSSR count). The molecular weight excluding hydrogens is 332 g/mol. The zero-order chi connectivity index (χ0) is 17.5. The first-order chi connectivity index (χ1) is 11.5. The average Bonchev–Trinajstić information content (AvgIpc) is 2.58. The molecule has 130 valence electrons. The number of ether oxygens (including phenoxy) is 2. The Labute approximate surface area is 146 Å². The maximum absolute atomic E-state index is 12.2. The van der Waals surface area contributed by atoms with E-state index in [1.165, 1.54) is 11.0 Å². The number of likely N-dealkylation sites (N-methyl/N-ethyl adjacent to an activating group) is 2. The summed E-state index contributed by atoms with van der Waals surface area (Å²) < 4.78 is 11.0. The molecule has 7 heteroatoms. The molecule has 6 nitrogen and oxygen atoms in total. The largest absolute Gasteiger partial charge is 0.486 e. The Morgan fingerprint density at radius 2 is 2.04 bits per heavy atom. The predicted octanol–water partition coefficient (Wildman–Crippen LogP) is 2.11. The molecule has 24 heavy (non-hydrogen) atoms. The molecule has 1 aliphatic rings. The monoisotopic (exact) mass is 352 g/mol. The third kappa shape index (κ3) is 4.64. The predicted molar refractivity (Wildman–Crippen MR) is 92.4 cm³/mol. The van der Waals surface area contributed by atoms with E-state index in [1.807, 2.05) is 13.8 Å². The van der Waals surface area contributed by atoms with Gasteiger partial charge in [-0.2, -0.15) is 0 Å². The smallest absolute Gasteiger partial charge is 0.247 e. The molecule has 0 bridgehead atoms. The Bertz CT molecular complexity index is 646. The molecule has 1 aromatic rings. The maximum atomic E-state index is 12.2. The molecule has 0 radical (unpaired) electrons. The van der Waals surface area contributed by atoms with Crippen LogP contribution in [0.5, 0.6) is 11.5 Å². The van der Waals surface area contributed by atoms with Crippen LogP contribution in [-0.4, -0.2) is 49.6 Å². The number of rotatable bonds is 6. The highest BCUT2D eigenvalue weighted by atomic mass is 35.5. The summed E-state index contributed by atoms with van der Waals surface area (Å²) in [6.45, 7) is 5.61. The minimum Gasteiger partial charge on any atom is -0.486 e. The maximum Gasteiger partial charge on any atom is 0.247 e. The Morgan fingerprint density at radius 1 is 1.29 bits per heavy atom. The van der Waals surface area contributed by atoms with Crippen LogP contribution in [-0.2, 0) is 9.59 Å². The quantitative estimate of drug-likeness (QED) is 0.796. The minimum atomic E-state index is -0.241. The highest BCUT2D eigenvalue weighted by Crippen LogP contribution is 2.38. The van der Waals surface area contributed by atoms with Crippen LogP contribution in [0.1, 0.15) is 19.4 Å². The number of carbonyl (C=O) groups is 2. The van der Waals surface area contributed by atoms with Crippen LogP contribution in [0.3, 0.4) is 0 Å². The third-order valence-electron chi connectivity index (χ3n) is 3.44. The van der Waals surface area contributed by atoms with Crippen LogP contribution in [0.15, 0.2) is 18.2 Å². The van der Waals surface area contributed by atoms with E-state index in [9.17, 15) is 9.59 Å². The van der Waals surface area contributed by atoms with Gasteiger partial charge in [0.2, 0.25) is 11.8 Å². The number of benzene rings is 1. The van der Waals surface area contributed by atoms with Gasteiger partial charge in [-0.25, -0.2) is 0 Å². The second-order valence-corrected chi connectivity index (χ2v) is 5.57. The molecule has 0 spiro atoms. The van der Waals surface area contributed by atoms with Gasteiger partial charge in [0.25, 0.3) is 0 Å². The zero-order valence-corrected chi connectivity index (χ0v) is 14.6. The molecule has 1 N–H and O–H groups in total. The van der Waals surface area contributed by atoms with E-state index in [0.29, 0.717) is 42.8 Å². The lowest BCUT2D eigenvalue weighted by molar-refractivity contribution is -0.132. The summed E-state index contributed by atoms with van der Waals surface area (Å²) in [5.41, 5.74) is 0.728. The molecule has 0 saturated carbocycles. The van der Waals surface area contributed by atoms with Gasteiger partial charge in [0, 0.05) is 19.2 Å². The van der Waals surface area contributed by atoms with Gasteiger partial charge in [0.1, 0.15) is 13.2 Å². The summed E-state index contributed by atoms with van der Waals surface area (Å²) in [6.07, 6.45) is 3.07. The van der Waals surface area contributed by atoms with Crippen molar-refractivity contribution in [3.63, 3.8) is 0 Å². The molecule has 2 amide bonds. The highest BCUT2D eigenvalue weighted by Gasteiger charge is 2.16. The van der Waals surface area contributed by atoms with Crippen molar-refractivity contribution in [1.82, 2.24) is 10.2 Å². The lowest BCUT2D eigenvalue weighted by Gasteiger charge is -2.20. The van der Waals surface area contributed by atoms with Crippen LogP contribution in [0.4, 0.5) is 0 Å². The number of nitrogens with one attached hydrogen (secondary N) is 1. The van der Waals surface area contributed by atoms with Crippen molar-refractivity contribution in [1.29, 1.82) is 0 Å². The number of halogens is 1. The Morgan fingerprint density at radius 3 is 2.75 bits per heavy atom. The number of hydrogen-bond acceptors (Lipinski definition) is 4. The SMILES string of the molecule is CCNC(=O)CN(CC)C(=O)C=Cc1cc(Cl)c2c(c1)OCCO2. The molecule has 0 atom stereocenters. The van der Waals surface area contributed by atoms with Gasteiger partial charge in [-0.1, -0.05) is 11.6 Å². The molecule has 0 aliphatic carbocycles. The van der Waals surface area contributed by atoms with Crippen molar-refractivity contribution in [3.05, 3.63) is 28.8 Å². The molecule has 0 unspecified atom stereocenters. The van der Waals surface area contributed by atoms with Crippen molar-refractivity contribution in [2.75, 3.05) is 32.8 Å². The minimum absolute atomic E-state index is 0.0371. The van der Waals surface area contributed by atoms with Gasteiger partial charge >= 0.3 is 0 Å². The van der Waals surface area contributed by atoms with Crippen molar-refractivity contribution in [3.8, 4) is 11.5 Å². The second kappa shape index (κ2) is 8.59. The second-order valence-electron chi connectivity index (χ2n) is 5.17. The Hall–Kier alpha value is -2.21. The molecular formula is C17H21ClN2O4. The van der Waals surface area contributed by atoms with Gasteiger partial charge in [-0.3, -0.25) is 9.59 Å². The molecule has 1 heterocycles. The third-order valence-corrected chi connectivity index (χ3v) is 3.72. The van der Waals surface area contributed by atoms with Gasteiger partial charge < -0.3 is 19.7 Å². The lowest BCUT2D eigenvalue weighted by atomic mass is 10.1. The van der Waals surface area contributed by atoms with Crippen molar-refractivity contribution in [2.24, 2.45) is 0 Å². The first kappa shape index (κ1) is 18.1. The van der Waals surface area contributed by atoms with Crippen LogP contribution < -0.4 is 14.8 Å². The summed E-state index contributed by atoms with van der Waals surface area (Å²) >= 11 is 6.17. The zero-order valence-electron chi connectivity index (χ0n) is 13.8. The van der Waals surface area contributed by atoms with Crippen molar-refractivity contribution in [2.45, 2.75) is 13.8 Å². The van der Waals surface area contributed by atoms with Gasteiger partial charge in [0.05, 0.1) is 11.6 Å². The summed E-state index contributed by atoms with van der Waals surface area (Å²) in [4.78, 5) is 25.3. The number of carbonyl (C=O) groups excluding carboxylic acids is 2. The number of nitrogens with zero attached hydrogens (tertiary/aromatic N) is 1. The lowest BCUT2D eigenvalue weighted by Crippen LogP contribution is -2.39. The van der Waals surface area contributed by atoms with E-state index in [-0.39, 0.29) is 18.4 Å². The van der Waals surface area contributed by atoms with Gasteiger partial charge in [-0.15, -0.1) is 0 Å². The topological polar surface area (TPSA) is 67.9 Å². The van der Waals surface area contributed by atoms with Gasteiger partial charge in [-0.05, 0) is 37.6 Å². The first-order valence-electron chi connectivity index (χ1n) is 7.88. The Balaban J connectivity index is 2.07.